The van der Waals surface area contributed by atoms with E-state index in [0.29, 0.717) is 27.8 Å². The monoisotopic (exact) mass is 518 g/mol. The first kappa shape index (κ1) is 22.9. The molecule has 0 saturated carbocycles. The first-order chi connectivity index (χ1) is 16.4. The fraction of sp³-hybridized carbons (Fsp3) is 0.0400. The standard InChI is InChI=1S/C25H19BrN4O4/c1-34-18-10-7-15(8-11-18)13-21(28-23(31)16-5-3-2-4-6-16)24(32)30-29-22-19-14-17(26)9-12-20(19)27-25(22)33/h2-14,27,33H,1H3,(H,28,31). The highest BCUT2D eigenvalue weighted by Gasteiger charge is 2.16. The van der Waals surface area contributed by atoms with E-state index in [1.807, 2.05) is 0 Å². The topological polar surface area (TPSA) is 116 Å². The molecule has 9 heteroatoms. The fourth-order valence-corrected chi connectivity index (χ4v) is 3.55. The van der Waals surface area contributed by atoms with Crippen LogP contribution < -0.4 is 10.1 Å². The summed E-state index contributed by atoms with van der Waals surface area (Å²) in [4.78, 5) is 28.5. The second-order valence-corrected chi connectivity index (χ2v) is 8.08. The summed E-state index contributed by atoms with van der Waals surface area (Å²) >= 11 is 3.38. The van der Waals surface area contributed by atoms with Crippen LogP contribution >= 0.6 is 15.9 Å². The van der Waals surface area contributed by atoms with Gasteiger partial charge in [0.15, 0.2) is 5.69 Å². The second-order valence-electron chi connectivity index (χ2n) is 7.17. The highest BCUT2D eigenvalue weighted by molar-refractivity contribution is 9.10. The van der Waals surface area contributed by atoms with Crippen molar-refractivity contribution in [1.29, 1.82) is 0 Å². The van der Waals surface area contributed by atoms with Crippen molar-refractivity contribution in [3.8, 4) is 11.6 Å². The summed E-state index contributed by atoms with van der Waals surface area (Å²) in [5.41, 5.74) is 1.69. The molecule has 0 saturated heterocycles. The number of rotatable bonds is 6. The molecule has 8 nitrogen and oxygen atoms in total. The van der Waals surface area contributed by atoms with Gasteiger partial charge in [0.25, 0.3) is 5.91 Å². The van der Waals surface area contributed by atoms with Crippen molar-refractivity contribution in [2.24, 2.45) is 10.2 Å². The van der Waals surface area contributed by atoms with Crippen molar-refractivity contribution in [2.45, 2.75) is 0 Å². The lowest BCUT2D eigenvalue weighted by molar-refractivity contribution is -0.115. The number of nitrogens with zero attached hydrogens (tertiary/aromatic N) is 2. The highest BCUT2D eigenvalue weighted by Crippen LogP contribution is 2.36. The van der Waals surface area contributed by atoms with Crippen molar-refractivity contribution >= 4 is 50.4 Å². The van der Waals surface area contributed by atoms with Gasteiger partial charge in [-0.15, -0.1) is 10.2 Å². The molecule has 1 aromatic heterocycles. The average Bonchev–Trinajstić information content (AvgIpc) is 3.17. The number of H-pyrrole nitrogens is 1. The van der Waals surface area contributed by atoms with Gasteiger partial charge in [0, 0.05) is 15.4 Å². The van der Waals surface area contributed by atoms with Gasteiger partial charge in [0.05, 0.1) is 12.6 Å². The van der Waals surface area contributed by atoms with E-state index < -0.39 is 11.8 Å². The second kappa shape index (κ2) is 10.1. The summed E-state index contributed by atoms with van der Waals surface area (Å²) in [6.45, 7) is 0. The van der Waals surface area contributed by atoms with E-state index in [0.717, 1.165) is 4.47 Å². The number of aromatic hydroxyl groups is 1. The molecule has 170 valence electrons. The molecule has 4 rings (SSSR count). The molecule has 34 heavy (non-hydrogen) atoms. The summed E-state index contributed by atoms with van der Waals surface area (Å²) in [6, 6.07) is 20.7. The molecule has 0 radical (unpaired) electrons. The third-order valence-electron chi connectivity index (χ3n) is 4.90. The number of azo groups is 1. The molecule has 0 unspecified atom stereocenters. The number of amides is 2. The van der Waals surface area contributed by atoms with Gasteiger partial charge in [0.2, 0.25) is 5.88 Å². The van der Waals surface area contributed by atoms with E-state index in [9.17, 15) is 14.7 Å². The van der Waals surface area contributed by atoms with Crippen molar-refractivity contribution in [1.82, 2.24) is 10.3 Å². The lowest BCUT2D eigenvalue weighted by Gasteiger charge is -2.07. The molecule has 0 aliphatic rings. The Labute approximate surface area is 203 Å². The Morgan fingerprint density at radius 3 is 2.50 bits per heavy atom. The van der Waals surface area contributed by atoms with Crippen molar-refractivity contribution < 1.29 is 19.4 Å². The molecule has 0 aliphatic carbocycles. The Bertz CT molecular complexity index is 1410. The molecular formula is C25H19BrN4O4. The van der Waals surface area contributed by atoms with Gasteiger partial charge >= 0.3 is 5.91 Å². The lowest BCUT2D eigenvalue weighted by Crippen LogP contribution is -2.26. The molecule has 0 fully saturated rings. The molecular weight excluding hydrogens is 500 g/mol. The van der Waals surface area contributed by atoms with Gasteiger partial charge in [-0.05, 0) is 54.1 Å². The number of halogens is 1. The van der Waals surface area contributed by atoms with Gasteiger partial charge < -0.3 is 20.1 Å². The summed E-state index contributed by atoms with van der Waals surface area (Å²) in [7, 11) is 1.55. The molecule has 4 aromatic rings. The van der Waals surface area contributed by atoms with E-state index in [1.54, 1.807) is 79.9 Å². The Balaban J connectivity index is 1.67. The molecule has 1 heterocycles. The third-order valence-corrected chi connectivity index (χ3v) is 5.39. The van der Waals surface area contributed by atoms with Crippen molar-refractivity contribution in [2.75, 3.05) is 7.11 Å². The zero-order valence-electron chi connectivity index (χ0n) is 17.9. The number of aromatic nitrogens is 1. The van der Waals surface area contributed by atoms with Crippen molar-refractivity contribution in [3.63, 3.8) is 0 Å². The maximum atomic E-state index is 13.0. The number of nitrogens with one attached hydrogen (secondary N) is 2. The molecule has 3 aromatic carbocycles. The van der Waals surface area contributed by atoms with Crippen LogP contribution in [0, 0.1) is 0 Å². The minimum Gasteiger partial charge on any atom is -0.497 e. The number of aromatic amines is 1. The molecule has 2 amide bonds. The quantitative estimate of drug-likeness (QED) is 0.223. The predicted molar refractivity (Wildman–Crippen MR) is 132 cm³/mol. The van der Waals surface area contributed by atoms with Gasteiger partial charge in [-0.25, -0.2) is 0 Å². The first-order valence-corrected chi connectivity index (χ1v) is 10.9. The molecule has 3 N–H and O–H groups in total. The van der Waals surface area contributed by atoms with Crippen LogP contribution in [0.2, 0.25) is 0 Å². The maximum Gasteiger partial charge on any atom is 0.311 e. The van der Waals surface area contributed by atoms with Crippen LogP contribution in [0.4, 0.5) is 5.69 Å². The smallest absolute Gasteiger partial charge is 0.311 e. The van der Waals surface area contributed by atoms with Crippen molar-refractivity contribution in [3.05, 3.63) is 94.1 Å². The van der Waals surface area contributed by atoms with Crippen LogP contribution in [0.15, 0.2) is 93.2 Å². The Morgan fingerprint density at radius 1 is 1.06 bits per heavy atom. The van der Waals surface area contributed by atoms with Crippen LogP contribution in [-0.2, 0) is 4.79 Å². The normalized spacial score (nSPS) is 11.6. The maximum absolute atomic E-state index is 13.0. The molecule has 0 spiro atoms. The first-order valence-electron chi connectivity index (χ1n) is 10.1. The Hall–Kier alpha value is -4.24. The van der Waals surface area contributed by atoms with Gasteiger partial charge in [0.1, 0.15) is 11.4 Å². The van der Waals surface area contributed by atoms with Crippen LogP contribution in [0.1, 0.15) is 15.9 Å². The predicted octanol–water partition coefficient (Wildman–Crippen LogP) is 5.73. The number of carbonyl (C=O) groups excluding carboxylic acids is 2. The Morgan fingerprint density at radius 2 is 1.79 bits per heavy atom. The van der Waals surface area contributed by atoms with E-state index >= 15 is 0 Å². The Kier molecular flexibility index (Phi) is 6.84. The van der Waals surface area contributed by atoms with Crippen LogP contribution in [0.25, 0.3) is 17.0 Å². The number of fused-ring (bicyclic) bond motifs is 1. The summed E-state index contributed by atoms with van der Waals surface area (Å²) in [5.74, 6) is -0.829. The molecule has 0 aliphatic heterocycles. The van der Waals surface area contributed by atoms with Crippen LogP contribution in [0.3, 0.4) is 0 Å². The van der Waals surface area contributed by atoms with E-state index in [4.69, 9.17) is 4.74 Å². The average molecular weight is 519 g/mol. The number of benzene rings is 3. The minimum atomic E-state index is -0.788. The zero-order chi connectivity index (χ0) is 24.1. The van der Waals surface area contributed by atoms with Gasteiger partial charge in [-0.1, -0.05) is 46.3 Å². The fourth-order valence-electron chi connectivity index (χ4n) is 3.19. The number of hydrogen-bond donors (Lipinski definition) is 3. The minimum absolute atomic E-state index is 0.0803. The number of carbonyl (C=O) groups is 2. The molecule has 0 atom stereocenters. The lowest BCUT2D eigenvalue weighted by atomic mass is 10.1. The van der Waals surface area contributed by atoms with E-state index in [1.165, 1.54) is 6.08 Å². The number of methoxy groups -OCH3 is 1. The van der Waals surface area contributed by atoms with Gasteiger partial charge in [-0.2, -0.15) is 0 Å². The van der Waals surface area contributed by atoms with E-state index in [-0.39, 0.29) is 17.3 Å². The number of ether oxygens (including phenoxy) is 1. The largest absolute Gasteiger partial charge is 0.497 e. The van der Waals surface area contributed by atoms with E-state index in [2.05, 4.69) is 36.5 Å². The third kappa shape index (κ3) is 5.21. The zero-order valence-corrected chi connectivity index (χ0v) is 19.5. The SMILES string of the molecule is COc1ccc(C=C(NC(=O)c2ccccc2)C(=O)N=Nc2c(O)[nH]c3ccc(Br)cc23)cc1. The van der Waals surface area contributed by atoms with Crippen LogP contribution in [0.5, 0.6) is 11.6 Å². The van der Waals surface area contributed by atoms with Crippen LogP contribution in [-0.4, -0.2) is 29.0 Å². The summed E-state index contributed by atoms with van der Waals surface area (Å²) in [5, 5.41) is 21.1. The van der Waals surface area contributed by atoms with Gasteiger partial charge in [-0.3, -0.25) is 9.59 Å². The molecule has 0 bridgehead atoms. The summed E-state index contributed by atoms with van der Waals surface area (Å²) < 4.78 is 5.93. The highest BCUT2D eigenvalue weighted by atomic mass is 79.9. The summed E-state index contributed by atoms with van der Waals surface area (Å²) in [6.07, 6.45) is 1.49. The number of hydrogen-bond acceptors (Lipinski definition) is 5.